The van der Waals surface area contributed by atoms with Crippen molar-refractivity contribution in [3.05, 3.63) is 35.4 Å². The number of hydrogen-bond acceptors (Lipinski definition) is 2. The van der Waals surface area contributed by atoms with Crippen LogP contribution in [0.5, 0.6) is 0 Å². The average Bonchev–Trinajstić information content (AvgIpc) is 3.22. The molecule has 0 radical (unpaired) electrons. The van der Waals surface area contributed by atoms with Gasteiger partial charge in [0.1, 0.15) is 0 Å². The Kier molecular flexibility index (Phi) is 3.44. The summed E-state index contributed by atoms with van der Waals surface area (Å²) in [4.78, 5) is 0. The average molecular weight is 230 g/mol. The molecule has 1 aliphatic heterocycles. The highest BCUT2D eigenvalue weighted by molar-refractivity contribution is 5.31. The van der Waals surface area contributed by atoms with E-state index in [-0.39, 0.29) is 0 Å². The van der Waals surface area contributed by atoms with Crippen LogP contribution in [0.4, 0.5) is 0 Å². The number of nitrogens with one attached hydrogen (secondary N) is 2. The fraction of sp³-hybridized carbons (Fsp3) is 0.600. The summed E-state index contributed by atoms with van der Waals surface area (Å²) in [5, 5.41) is 7.09. The topological polar surface area (TPSA) is 24.1 Å². The maximum absolute atomic E-state index is 3.64. The van der Waals surface area contributed by atoms with Crippen LogP contribution in [0.15, 0.2) is 24.3 Å². The van der Waals surface area contributed by atoms with E-state index in [4.69, 9.17) is 0 Å². The van der Waals surface area contributed by atoms with Crippen molar-refractivity contribution in [2.45, 2.75) is 44.2 Å². The summed E-state index contributed by atoms with van der Waals surface area (Å²) in [6.45, 7) is 3.41. The van der Waals surface area contributed by atoms with Crippen molar-refractivity contribution < 1.29 is 0 Å². The maximum Gasteiger partial charge on any atom is 0.0210 e. The number of piperidine rings is 1. The van der Waals surface area contributed by atoms with Crippen LogP contribution in [0.2, 0.25) is 0 Å². The number of benzene rings is 1. The minimum atomic E-state index is 0.772. The minimum absolute atomic E-state index is 0.772. The molecular weight excluding hydrogens is 208 g/mol. The normalized spacial score (nSPS) is 21.6. The lowest BCUT2D eigenvalue weighted by molar-refractivity contribution is 0.457. The number of hydrogen-bond donors (Lipinski definition) is 2. The molecule has 92 valence electrons. The van der Waals surface area contributed by atoms with E-state index in [1.54, 1.807) is 5.56 Å². The Labute approximate surface area is 104 Å². The van der Waals surface area contributed by atoms with Gasteiger partial charge in [-0.05, 0) is 55.8 Å². The van der Waals surface area contributed by atoms with Crippen LogP contribution < -0.4 is 10.6 Å². The van der Waals surface area contributed by atoms with Gasteiger partial charge in [0.15, 0.2) is 0 Å². The summed E-state index contributed by atoms with van der Waals surface area (Å²) in [5.41, 5.74) is 3.11. The van der Waals surface area contributed by atoms with Crippen molar-refractivity contribution in [2.75, 3.05) is 13.1 Å². The zero-order valence-corrected chi connectivity index (χ0v) is 10.4. The first-order valence-corrected chi connectivity index (χ1v) is 6.95. The third-order valence-corrected chi connectivity index (χ3v) is 3.99. The van der Waals surface area contributed by atoms with Gasteiger partial charge in [0.2, 0.25) is 0 Å². The van der Waals surface area contributed by atoms with Gasteiger partial charge in [0.25, 0.3) is 0 Å². The molecule has 0 amide bonds. The molecule has 2 aliphatic rings. The van der Waals surface area contributed by atoms with Crippen LogP contribution in [0.1, 0.15) is 42.7 Å². The van der Waals surface area contributed by atoms with Crippen LogP contribution >= 0.6 is 0 Å². The molecule has 1 saturated carbocycles. The van der Waals surface area contributed by atoms with Gasteiger partial charge in [-0.15, -0.1) is 0 Å². The van der Waals surface area contributed by atoms with Crippen molar-refractivity contribution in [3.8, 4) is 0 Å². The summed E-state index contributed by atoms with van der Waals surface area (Å²) in [7, 11) is 0. The highest BCUT2D eigenvalue weighted by Crippen LogP contribution is 2.28. The van der Waals surface area contributed by atoms with Gasteiger partial charge in [-0.25, -0.2) is 0 Å². The Morgan fingerprint density at radius 2 is 1.82 bits per heavy atom. The predicted molar refractivity (Wildman–Crippen MR) is 71.1 cm³/mol. The fourth-order valence-corrected chi connectivity index (χ4v) is 2.77. The van der Waals surface area contributed by atoms with E-state index in [9.17, 15) is 0 Å². The van der Waals surface area contributed by atoms with E-state index in [1.807, 2.05) is 0 Å². The Hall–Kier alpha value is -0.860. The molecule has 1 aliphatic carbocycles. The molecular formula is C15H22N2. The zero-order valence-electron chi connectivity index (χ0n) is 10.4. The van der Waals surface area contributed by atoms with E-state index in [0.29, 0.717) is 0 Å². The van der Waals surface area contributed by atoms with Crippen LogP contribution in [-0.4, -0.2) is 19.1 Å². The highest BCUT2D eigenvalue weighted by Gasteiger charge is 2.22. The van der Waals surface area contributed by atoms with Crippen molar-refractivity contribution in [3.63, 3.8) is 0 Å². The Morgan fingerprint density at radius 3 is 2.59 bits per heavy atom. The SMILES string of the molecule is c1ccc(C2CCNCC2)c(CNC2CC2)c1. The van der Waals surface area contributed by atoms with E-state index < -0.39 is 0 Å². The van der Waals surface area contributed by atoms with Gasteiger partial charge in [0, 0.05) is 12.6 Å². The zero-order chi connectivity index (χ0) is 11.5. The molecule has 0 unspecified atom stereocenters. The van der Waals surface area contributed by atoms with Crippen molar-refractivity contribution >= 4 is 0 Å². The lowest BCUT2D eigenvalue weighted by Gasteiger charge is -2.25. The fourth-order valence-electron chi connectivity index (χ4n) is 2.77. The Morgan fingerprint density at radius 1 is 1.06 bits per heavy atom. The smallest absolute Gasteiger partial charge is 0.0210 e. The highest BCUT2D eigenvalue weighted by atomic mass is 14.9. The van der Waals surface area contributed by atoms with Crippen molar-refractivity contribution in [2.24, 2.45) is 0 Å². The summed E-state index contributed by atoms with van der Waals surface area (Å²) >= 11 is 0. The first-order chi connectivity index (χ1) is 8.43. The van der Waals surface area contributed by atoms with E-state index >= 15 is 0 Å². The quantitative estimate of drug-likeness (QED) is 0.830. The largest absolute Gasteiger partial charge is 0.317 e. The van der Waals surface area contributed by atoms with Gasteiger partial charge in [-0.2, -0.15) is 0 Å². The molecule has 0 spiro atoms. The van der Waals surface area contributed by atoms with Crippen LogP contribution in [0, 0.1) is 0 Å². The molecule has 2 nitrogen and oxygen atoms in total. The Bertz CT molecular complexity index is 365. The van der Waals surface area contributed by atoms with Crippen LogP contribution in [0.25, 0.3) is 0 Å². The third-order valence-electron chi connectivity index (χ3n) is 3.99. The maximum atomic E-state index is 3.64. The molecule has 2 heteroatoms. The second-order valence-corrected chi connectivity index (χ2v) is 5.38. The summed E-state index contributed by atoms with van der Waals surface area (Å²) < 4.78 is 0. The monoisotopic (exact) mass is 230 g/mol. The van der Waals surface area contributed by atoms with E-state index in [1.165, 1.54) is 44.3 Å². The standard InChI is InChI=1S/C15H22N2/c1-2-4-15(12-7-9-16-10-8-12)13(3-1)11-17-14-5-6-14/h1-4,12,14,16-17H,5-11H2. The second-order valence-electron chi connectivity index (χ2n) is 5.38. The van der Waals surface area contributed by atoms with E-state index in [0.717, 1.165) is 18.5 Å². The molecule has 1 heterocycles. The second kappa shape index (κ2) is 5.19. The van der Waals surface area contributed by atoms with Crippen LogP contribution in [0.3, 0.4) is 0 Å². The number of rotatable bonds is 4. The molecule has 1 aromatic carbocycles. The Balaban J connectivity index is 1.71. The lowest BCUT2D eigenvalue weighted by atomic mass is 9.87. The van der Waals surface area contributed by atoms with Gasteiger partial charge in [-0.1, -0.05) is 24.3 Å². The van der Waals surface area contributed by atoms with Crippen molar-refractivity contribution in [1.82, 2.24) is 10.6 Å². The molecule has 1 aromatic rings. The molecule has 0 bridgehead atoms. The van der Waals surface area contributed by atoms with Gasteiger partial charge >= 0.3 is 0 Å². The summed E-state index contributed by atoms with van der Waals surface area (Å²) in [6.07, 6.45) is 5.33. The molecule has 0 atom stereocenters. The first kappa shape index (κ1) is 11.2. The minimum Gasteiger partial charge on any atom is -0.317 e. The molecule has 1 saturated heterocycles. The van der Waals surface area contributed by atoms with Crippen molar-refractivity contribution in [1.29, 1.82) is 0 Å². The molecule has 2 N–H and O–H groups in total. The van der Waals surface area contributed by atoms with Gasteiger partial charge in [-0.3, -0.25) is 0 Å². The van der Waals surface area contributed by atoms with Crippen LogP contribution in [-0.2, 0) is 6.54 Å². The summed E-state index contributed by atoms with van der Waals surface area (Å²) in [6, 6.07) is 9.80. The molecule has 2 fully saturated rings. The first-order valence-electron chi connectivity index (χ1n) is 6.95. The third kappa shape index (κ3) is 2.88. The summed E-state index contributed by atoms with van der Waals surface area (Å²) in [5.74, 6) is 0.772. The molecule has 0 aromatic heterocycles. The lowest BCUT2D eigenvalue weighted by Crippen LogP contribution is -2.27. The van der Waals surface area contributed by atoms with Gasteiger partial charge < -0.3 is 10.6 Å². The van der Waals surface area contributed by atoms with Gasteiger partial charge in [0.05, 0.1) is 0 Å². The van der Waals surface area contributed by atoms with E-state index in [2.05, 4.69) is 34.9 Å². The molecule has 3 rings (SSSR count). The molecule has 17 heavy (non-hydrogen) atoms. The predicted octanol–water partition coefficient (Wildman–Crippen LogP) is 2.41.